The SMILES string of the molecule is CC(C)(C)c1cc(N(c2cc(C(C)(C)C)cc(C(C)(C)C)c2)c2c3ccccc3c(N(c3cc(C(C)(C)C)cc(C(C)(C)C)c3)c3cc(C(C)(C)C)cc(C(C)(C)C)c3)c3cc(-c4ccccc4)ccc23)cc(C(C)(C)C)c1. The van der Waals surface area contributed by atoms with Crippen LogP contribution in [0.2, 0.25) is 0 Å². The molecule has 0 aliphatic rings. The summed E-state index contributed by atoms with van der Waals surface area (Å²) in [5.74, 6) is 0. The molecule has 0 unspecified atom stereocenters. The first-order valence-electron chi connectivity index (χ1n) is 29.0. The number of rotatable bonds is 7. The number of nitrogens with zero attached hydrogens (tertiary/aromatic N) is 2. The van der Waals surface area contributed by atoms with Crippen LogP contribution in [0.4, 0.5) is 34.1 Å². The summed E-state index contributed by atoms with van der Waals surface area (Å²) in [5, 5.41) is 4.77. The Morgan fingerprint density at radius 2 is 0.436 bits per heavy atom. The van der Waals surface area contributed by atoms with Crippen LogP contribution in [0.25, 0.3) is 32.7 Å². The summed E-state index contributed by atoms with van der Waals surface area (Å²) >= 11 is 0. The van der Waals surface area contributed by atoms with Gasteiger partial charge in [0.25, 0.3) is 0 Å². The molecular weight excluding hydrogens is 941 g/mol. The Morgan fingerprint density at radius 3 is 0.692 bits per heavy atom. The van der Waals surface area contributed by atoms with Gasteiger partial charge in [-0.25, -0.2) is 0 Å². The molecule has 0 atom stereocenters. The lowest BCUT2D eigenvalue weighted by Gasteiger charge is -2.37. The largest absolute Gasteiger partial charge is 0.309 e. The fraction of sp³-hybridized carbons (Fsp3) is 0.421. The van der Waals surface area contributed by atoms with E-state index in [1.165, 1.54) is 111 Å². The monoisotopic (exact) mass is 1040 g/mol. The molecule has 0 saturated heterocycles. The molecule has 0 bridgehead atoms. The molecule has 0 spiro atoms. The molecule has 0 aliphatic carbocycles. The summed E-state index contributed by atoms with van der Waals surface area (Å²) in [7, 11) is 0. The molecule has 0 fully saturated rings. The van der Waals surface area contributed by atoms with Crippen molar-refractivity contribution < 1.29 is 0 Å². The number of fused-ring (bicyclic) bond motifs is 2. The lowest BCUT2D eigenvalue weighted by Crippen LogP contribution is -2.22. The topological polar surface area (TPSA) is 6.48 Å². The zero-order chi connectivity index (χ0) is 57.7. The maximum Gasteiger partial charge on any atom is 0.0620 e. The summed E-state index contributed by atoms with van der Waals surface area (Å²) in [6.45, 7) is 56.7. The van der Waals surface area contributed by atoms with Crippen molar-refractivity contribution in [1.29, 1.82) is 0 Å². The molecule has 8 aromatic rings. The predicted molar refractivity (Wildman–Crippen MR) is 346 cm³/mol. The Kier molecular flexibility index (Phi) is 14.8. The molecule has 2 nitrogen and oxygen atoms in total. The fourth-order valence-electron chi connectivity index (χ4n) is 10.7. The van der Waals surface area contributed by atoms with Crippen LogP contribution in [0.5, 0.6) is 0 Å². The number of hydrogen-bond acceptors (Lipinski definition) is 2. The molecule has 410 valence electrons. The van der Waals surface area contributed by atoms with Gasteiger partial charge < -0.3 is 9.80 Å². The van der Waals surface area contributed by atoms with Crippen molar-refractivity contribution in [1.82, 2.24) is 0 Å². The predicted octanol–water partition coefficient (Wildman–Crippen LogP) is 23.0. The van der Waals surface area contributed by atoms with Gasteiger partial charge in [0.05, 0.1) is 11.4 Å². The highest BCUT2D eigenvalue weighted by Gasteiger charge is 2.33. The van der Waals surface area contributed by atoms with E-state index in [0.717, 1.165) is 0 Å². The van der Waals surface area contributed by atoms with E-state index in [-0.39, 0.29) is 43.3 Å². The second-order valence-corrected chi connectivity index (χ2v) is 31.1. The van der Waals surface area contributed by atoms with Crippen LogP contribution in [0.15, 0.2) is 146 Å². The highest BCUT2D eigenvalue weighted by Crippen LogP contribution is 2.54. The molecule has 0 N–H and O–H groups in total. The van der Waals surface area contributed by atoms with Gasteiger partial charge in [0, 0.05) is 44.3 Å². The minimum atomic E-state index is -0.110. The van der Waals surface area contributed by atoms with Crippen molar-refractivity contribution in [3.05, 3.63) is 190 Å². The summed E-state index contributed by atoms with van der Waals surface area (Å²) in [4.78, 5) is 5.32. The second-order valence-electron chi connectivity index (χ2n) is 31.1. The van der Waals surface area contributed by atoms with Gasteiger partial charge in [0.15, 0.2) is 0 Å². The molecule has 8 rings (SSSR count). The Balaban J connectivity index is 1.68. The van der Waals surface area contributed by atoms with Gasteiger partial charge in [-0.15, -0.1) is 0 Å². The Hall–Kier alpha value is -6.12. The first kappa shape index (κ1) is 58.0. The van der Waals surface area contributed by atoms with E-state index in [0.29, 0.717) is 0 Å². The van der Waals surface area contributed by atoms with Crippen molar-refractivity contribution in [3.63, 3.8) is 0 Å². The van der Waals surface area contributed by atoms with Crippen molar-refractivity contribution in [2.45, 2.75) is 209 Å². The lowest BCUT2D eigenvalue weighted by molar-refractivity contribution is 0.567. The van der Waals surface area contributed by atoms with E-state index in [1.54, 1.807) is 0 Å². The molecule has 8 aromatic carbocycles. The minimum Gasteiger partial charge on any atom is -0.309 e. The summed E-state index contributed by atoms with van der Waals surface area (Å²) in [5.41, 5.74) is 19.1. The van der Waals surface area contributed by atoms with Crippen LogP contribution in [0.1, 0.15) is 211 Å². The fourth-order valence-corrected chi connectivity index (χ4v) is 10.7. The van der Waals surface area contributed by atoms with Crippen LogP contribution in [-0.4, -0.2) is 0 Å². The van der Waals surface area contributed by atoms with Crippen LogP contribution in [0, 0.1) is 0 Å². The Morgan fingerprint density at radius 1 is 0.205 bits per heavy atom. The van der Waals surface area contributed by atoms with Crippen molar-refractivity contribution >= 4 is 55.7 Å². The molecule has 0 aromatic heterocycles. The minimum absolute atomic E-state index is 0.106. The van der Waals surface area contributed by atoms with Gasteiger partial charge in [-0.3, -0.25) is 0 Å². The van der Waals surface area contributed by atoms with E-state index in [2.05, 4.69) is 322 Å². The van der Waals surface area contributed by atoms with Gasteiger partial charge in [-0.05, 0) is 154 Å². The van der Waals surface area contributed by atoms with Crippen LogP contribution >= 0.6 is 0 Å². The Bertz CT molecular complexity index is 3230. The Labute approximate surface area is 473 Å². The van der Waals surface area contributed by atoms with Crippen molar-refractivity contribution in [2.75, 3.05) is 9.80 Å². The maximum atomic E-state index is 2.67. The summed E-state index contributed by atoms with van der Waals surface area (Å²) < 4.78 is 0. The summed E-state index contributed by atoms with van der Waals surface area (Å²) in [6, 6.07) is 57.5. The van der Waals surface area contributed by atoms with E-state index in [4.69, 9.17) is 0 Å². The first-order valence-corrected chi connectivity index (χ1v) is 29.0. The highest BCUT2D eigenvalue weighted by atomic mass is 15.2. The quantitative estimate of drug-likeness (QED) is 0.116. The third kappa shape index (κ3) is 12.0. The van der Waals surface area contributed by atoms with Crippen LogP contribution in [0.3, 0.4) is 0 Å². The molecule has 2 heteroatoms. The molecule has 0 saturated carbocycles. The van der Waals surface area contributed by atoms with Gasteiger partial charge >= 0.3 is 0 Å². The molecule has 0 amide bonds. The molecular formula is C76H96N2. The molecule has 0 radical (unpaired) electrons. The molecule has 0 aliphatic heterocycles. The first-order chi connectivity index (χ1) is 35.7. The van der Waals surface area contributed by atoms with E-state index in [9.17, 15) is 0 Å². The third-order valence-electron chi connectivity index (χ3n) is 16.2. The van der Waals surface area contributed by atoms with E-state index in [1.807, 2.05) is 0 Å². The zero-order valence-corrected chi connectivity index (χ0v) is 52.8. The van der Waals surface area contributed by atoms with Crippen molar-refractivity contribution in [2.24, 2.45) is 0 Å². The average molecular weight is 1040 g/mol. The number of benzene rings is 8. The third-order valence-corrected chi connectivity index (χ3v) is 16.2. The smallest absolute Gasteiger partial charge is 0.0620 e. The number of anilines is 6. The van der Waals surface area contributed by atoms with Crippen LogP contribution < -0.4 is 9.80 Å². The average Bonchev–Trinajstić information content (AvgIpc) is 3.53. The second kappa shape index (κ2) is 19.9. The highest BCUT2D eigenvalue weighted by molar-refractivity contribution is 6.24. The van der Waals surface area contributed by atoms with E-state index < -0.39 is 0 Å². The van der Waals surface area contributed by atoms with Gasteiger partial charge in [0.2, 0.25) is 0 Å². The lowest BCUT2D eigenvalue weighted by atomic mass is 9.79. The molecule has 78 heavy (non-hydrogen) atoms. The molecule has 0 heterocycles. The maximum absolute atomic E-state index is 2.67. The van der Waals surface area contributed by atoms with Crippen molar-refractivity contribution in [3.8, 4) is 11.1 Å². The number of hydrogen-bond donors (Lipinski definition) is 0. The van der Waals surface area contributed by atoms with Gasteiger partial charge in [0.1, 0.15) is 0 Å². The van der Waals surface area contributed by atoms with Crippen LogP contribution in [-0.2, 0) is 43.3 Å². The normalized spacial score (nSPS) is 13.4. The standard InChI is InChI=1S/C76H96N2/c1-69(2,3)51-37-52(70(4,5)6)42-59(41-51)77(60-43-53(71(7,8)9)38-54(44-60)72(10,11)12)67-63-32-28-29-33-64(63)68(66-36-50(34-35-65(66)67)49-30-26-25-27-31-49)78(61-45-55(73(13,14)15)39-56(46-61)74(16,17)18)62-47-57(75(19,20)21)40-58(48-62)76(22,23)24/h25-48H,1-24H3. The van der Waals surface area contributed by atoms with Gasteiger partial charge in [-0.1, -0.05) is 257 Å². The summed E-state index contributed by atoms with van der Waals surface area (Å²) in [6.07, 6.45) is 0. The van der Waals surface area contributed by atoms with E-state index >= 15 is 0 Å². The van der Waals surface area contributed by atoms with Gasteiger partial charge in [-0.2, -0.15) is 0 Å². The zero-order valence-electron chi connectivity index (χ0n) is 52.8.